The average Bonchev–Trinajstić information content (AvgIpc) is 3.29. The van der Waals surface area contributed by atoms with Crippen molar-refractivity contribution in [3.8, 4) is 0 Å². The van der Waals surface area contributed by atoms with Gasteiger partial charge in [-0.05, 0) is 30.5 Å². The number of rotatable bonds is 7. The topological polar surface area (TPSA) is 25.2 Å². The van der Waals surface area contributed by atoms with Gasteiger partial charge < -0.3 is 9.47 Å². The molecule has 3 rings (SSSR count). The van der Waals surface area contributed by atoms with Gasteiger partial charge in [-0.1, -0.05) is 30.3 Å². The Kier molecular flexibility index (Phi) is 4.88. The predicted molar refractivity (Wildman–Crippen MR) is 91.6 cm³/mol. The van der Waals surface area contributed by atoms with Crippen LogP contribution in [0, 0.1) is 0 Å². The summed E-state index contributed by atoms with van der Waals surface area (Å²) in [5.41, 5.74) is 2.48. The average molecular weight is 314 g/mol. The summed E-state index contributed by atoms with van der Waals surface area (Å²) < 4.78 is 2.10. The highest BCUT2D eigenvalue weighted by Crippen LogP contribution is 2.29. The zero-order chi connectivity index (χ0) is 15.4. The number of aryl methyl sites for hydroxylation is 1. The number of hydrogen-bond acceptors (Lipinski definition) is 2. The van der Waals surface area contributed by atoms with Gasteiger partial charge in [-0.2, -0.15) is 0 Å². The van der Waals surface area contributed by atoms with E-state index in [1.54, 1.807) is 11.8 Å². The first-order chi connectivity index (χ1) is 10.7. The molecule has 22 heavy (non-hydrogen) atoms. The molecule has 0 radical (unpaired) electrons. The number of benzene rings is 1. The lowest BCUT2D eigenvalue weighted by atomic mass is 10.2. The van der Waals surface area contributed by atoms with Crippen molar-refractivity contribution in [3.63, 3.8) is 0 Å². The number of carbonyl (C=O) groups excluding carboxylic acids is 1. The van der Waals surface area contributed by atoms with Crippen molar-refractivity contribution in [2.75, 3.05) is 5.75 Å². The van der Waals surface area contributed by atoms with Gasteiger partial charge in [0.1, 0.15) is 0 Å². The zero-order valence-corrected chi connectivity index (χ0v) is 13.8. The van der Waals surface area contributed by atoms with Crippen molar-refractivity contribution in [1.82, 2.24) is 9.47 Å². The molecule has 0 bridgehead atoms. The molecular formula is C18H22N2OS. The van der Waals surface area contributed by atoms with Crippen LogP contribution in [0.4, 0.5) is 0 Å². The minimum atomic E-state index is 0.268. The van der Waals surface area contributed by atoms with Crippen molar-refractivity contribution in [3.05, 3.63) is 59.9 Å². The molecule has 2 aromatic rings. The Morgan fingerprint density at radius 2 is 2.00 bits per heavy atom. The highest BCUT2D eigenvalue weighted by Gasteiger charge is 2.32. The van der Waals surface area contributed by atoms with E-state index >= 15 is 0 Å². The molecule has 1 aliphatic rings. The van der Waals surface area contributed by atoms with Gasteiger partial charge in [0.05, 0.1) is 12.3 Å². The molecule has 0 unspecified atom stereocenters. The van der Waals surface area contributed by atoms with Crippen LogP contribution in [0.1, 0.15) is 24.1 Å². The maximum atomic E-state index is 12.5. The van der Waals surface area contributed by atoms with Crippen molar-refractivity contribution in [2.24, 2.45) is 7.05 Å². The van der Waals surface area contributed by atoms with Gasteiger partial charge in [0.2, 0.25) is 5.91 Å². The van der Waals surface area contributed by atoms with Gasteiger partial charge >= 0.3 is 0 Å². The fraction of sp³-hybridized carbons (Fsp3) is 0.389. The van der Waals surface area contributed by atoms with Crippen molar-refractivity contribution < 1.29 is 4.79 Å². The largest absolute Gasteiger partial charge is 0.353 e. The molecule has 3 nitrogen and oxygen atoms in total. The van der Waals surface area contributed by atoms with Gasteiger partial charge in [-0.25, -0.2) is 0 Å². The molecular weight excluding hydrogens is 292 g/mol. The van der Waals surface area contributed by atoms with E-state index in [0.717, 1.165) is 25.1 Å². The highest BCUT2D eigenvalue weighted by molar-refractivity contribution is 7.99. The van der Waals surface area contributed by atoms with Gasteiger partial charge in [0.15, 0.2) is 0 Å². The second-order valence-electron chi connectivity index (χ2n) is 5.84. The smallest absolute Gasteiger partial charge is 0.233 e. The van der Waals surface area contributed by atoms with Crippen LogP contribution in [-0.4, -0.2) is 27.2 Å². The van der Waals surface area contributed by atoms with Crippen LogP contribution in [0.5, 0.6) is 0 Å². The van der Waals surface area contributed by atoms with Crippen LogP contribution in [0.2, 0.25) is 0 Å². The van der Waals surface area contributed by atoms with Crippen LogP contribution in [0.15, 0.2) is 48.7 Å². The van der Waals surface area contributed by atoms with E-state index in [-0.39, 0.29) is 5.91 Å². The molecule has 1 saturated carbocycles. The maximum absolute atomic E-state index is 12.5. The van der Waals surface area contributed by atoms with Crippen molar-refractivity contribution in [1.29, 1.82) is 0 Å². The summed E-state index contributed by atoms with van der Waals surface area (Å²) in [5.74, 6) is 1.73. The summed E-state index contributed by atoms with van der Waals surface area (Å²) in [4.78, 5) is 14.6. The molecule has 1 aromatic heterocycles. The van der Waals surface area contributed by atoms with E-state index in [1.165, 1.54) is 11.3 Å². The number of aromatic nitrogens is 1. The molecule has 0 saturated heterocycles. The Bertz CT molecular complexity index is 619. The van der Waals surface area contributed by atoms with Gasteiger partial charge in [-0.15, -0.1) is 11.8 Å². The van der Waals surface area contributed by atoms with E-state index in [2.05, 4.69) is 27.7 Å². The second kappa shape index (κ2) is 7.05. The Balaban J connectivity index is 1.53. The Labute approximate surface area is 136 Å². The fourth-order valence-electron chi connectivity index (χ4n) is 2.56. The minimum absolute atomic E-state index is 0.268. The lowest BCUT2D eigenvalue weighted by molar-refractivity contribution is -0.129. The number of thioether (sulfide) groups is 1. The van der Waals surface area contributed by atoms with Crippen LogP contribution >= 0.6 is 11.8 Å². The Morgan fingerprint density at radius 1 is 1.23 bits per heavy atom. The van der Waals surface area contributed by atoms with Crippen LogP contribution < -0.4 is 0 Å². The predicted octanol–water partition coefficient (Wildman–Crippen LogP) is 3.45. The molecule has 1 heterocycles. The summed E-state index contributed by atoms with van der Waals surface area (Å²) in [5, 5.41) is 0. The third-order valence-electron chi connectivity index (χ3n) is 4.03. The summed E-state index contributed by atoms with van der Waals surface area (Å²) in [7, 11) is 2.04. The minimum Gasteiger partial charge on any atom is -0.353 e. The van der Waals surface area contributed by atoms with E-state index in [9.17, 15) is 4.79 Å². The molecule has 1 aliphatic carbocycles. The van der Waals surface area contributed by atoms with E-state index in [0.29, 0.717) is 11.8 Å². The summed E-state index contributed by atoms with van der Waals surface area (Å²) in [6.07, 6.45) is 4.34. The quantitative estimate of drug-likeness (QED) is 0.782. The van der Waals surface area contributed by atoms with Crippen molar-refractivity contribution in [2.45, 2.75) is 31.2 Å². The molecule has 4 heteroatoms. The van der Waals surface area contributed by atoms with Crippen LogP contribution in [0.3, 0.4) is 0 Å². The first kappa shape index (κ1) is 15.2. The molecule has 1 amide bonds. The number of nitrogens with zero attached hydrogens (tertiary/aromatic N) is 2. The van der Waals surface area contributed by atoms with Crippen LogP contribution in [0.25, 0.3) is 0 Å². The fourth-order valence-corrected chi connectivity index (χ4v) is 3.43. The normalized spacial score (nSPS) is 14.0. The molecule has 1 aromatic carbocycles. The van der Waals surface area contributed by atoms with Crippen LogP contribution in [-0.2, 0) is 24.1 Å². The zero-order valence-electron chi connectivity index (χ0n) is 12.9. The lowest BCUT2D eigenvalue weighted by Crippen LogP contribution is -2.34. The Morgan fingerprint density at radius 3 is 2.64 bits per heavy atom. The molecule has 0 atom stereocenters. The second-order valence-corrected chi connectivity index (χ2v) is 6.83. The van der Waals surface area contributed by atoms with E-state index in [4.69, 9.17) is 0 Å². The van der Waals surface area contributed by atoms with Gasteiger partial charge in [-0.3, -0.25) is 4.79 Å². The molecule has 0 aliphatic heterocycles. The maximum Gasteiger partial charge on any atom is 0.233 e. The Hall–Kier alpha value is -1.68. The highest BCUT2D eigenvalue weighted by atomic mass is 32.2. The van der Waals surface area contributed by atoms with Gasteiger partial charge in [0.25, 0.3) is 0 Å². The first-order valence-electron chi connectivity index (χ1n) is 7.75. The van der Waals surface area contributed by atoms with Gasteiger partial charge in [0, 0.05) is 30.7 Å². The molecule has 0 N–H and O–H groups in total. The number of carbonyl (C=O) groups is 1. The summed E-state index contributed by atoms with van der Waals surface area (Å²) in [6.45, 7) is 0.735. The van der Waals surface area contributed by atoms with E-state index in [1.807, 2.05) is 37.5 Å². The standard InChI is InChI=1S/C18H22N2OS/c1-19-11-5-8-17(19)12-20(16-9-10-16)18(21)14-22-13-15-6-3-2-4-7-15/h2-8,11,16H,9-10,12-14H2,1H3. The SMILES string of the molecule is Cn1cccc1CN(C(=O)CSCc1ccccc1)C1CC1. The first-order valence-corrected chi connectivity index (χ1v) is 8.91. The summed E-state index contributed by atoms with van der Waals surface area (Å²) >= 11 is 1.71. The number of amides is 1. The van der Waals surface area contributed by atoms with E-state index < -0.39 is 0 Å². The lowest BCUT2D eigenvalue weighted by Gasteiger charge is -2.22. The third kappa shape index (κ3) is 3.95. The molecule has 0 spiro atoms. The van der Waals surface area contributed by atoms with Crippen molar-refractivity contribution >= 4 is 17.7 Å². The monoisotopic (exact) mass is 314 g/mol. The summed E-state index contributed by atoms with van der Waals surface area (Å²) in [6, 6.07) is 14.9. The molecule has 1 fully saturated rings. The molecule has 116 valence electrons. The third-order valence-corrected chi connectivity index (χ3v) is 5.02. The number of hydrogen-bond donors (Lipinski definition) is 0.